The number of sulfonamides is 1. The summed E-state index contributed by atoms with van der Waals surface area (Å²) in [6, 6.07) is 22.1. The molecule has 0 aromatic heterocycles. The monoisotopic (exact) mass is 434 g/mol. The lowest BCUT2D eigenvalue weighted by Crippen LogP contribution is -2.35. The van der Waals surface area contributed by atoms with Gasteiger partial charge in [0.2, 0.25) is 10.0 Å². The summed E-state index contributed by atoms with van der Waals surface area (Å²) in [7, 11) is -2.04. The van der Waals surface area contributed by atoms with Crippen molar-refractivity contribution in [3.63, 3.8) is 0 Å². The minimum Gasteiger partial charge on any atom is -0.308 e. The van der Waals surface area contributed by atoms with Crippen LogP contribution >= 0.6 is 0 Å². The standard InChI is InChI=1S/C25H26N2O3S/c1-19-10-12-21(13-11-19)25(28)27-16-6-9-22-17-23(14-15-24(22)27)31(29,30)26(2)18-20-7-4-3-5-8-20/h3-5,7-8,10-15,17H,6,9,16,18H2,1-2H3. The normalized spacial score (nSPS) is 13.8. The number of carbonyl (C=O) groups is 1. The first-order chi connectivity index (χ1) is 14.9. The van der Waals surface area contributed by atoms with E-state index in [0.717, 1.165) is 35.2 Å². The van der Waals surface area contributed by atoms with Gasteiger partial charge < -0.3 is 4.90 Å². The van der Waals surface area contributed by atoms with E-state index in [1.807, 2.05) is 61.5 Å². The van der Waals surface area contributed by atoms with E-state index in [1.165, 1.54) is 4.31 Å². The first kappa shape index (κ1) is 21.3. The summed E-state index contributed by atoms with van der Waals surface area (Å²) in [4.78, 5) is 15.1. The number of anilines is 1. The number of nitrogens with zero attached hydrogens (tertiary/aromatic N) is 2. The van der Waals surface area contributed by atoms with Gasteiger partial charge in [-0.15, -0.1) is 0 Å². The molecule has 4 rings (SSSR count). The van der Waals surface area contributed by atoms with Crippen molar-refractivity contribution in [2.45, 2.75) is 31.2 Å². The van der Waals surface area contributed by atoms with E-state index in [2.05, 4.69) is 0 Å². The van der Waals surface area contributed by atoms with Gasteiger partial charge in [0.1, 0.15) is 0 Å². The van der Waals surface area contributed by atoms with Crippen LogP contribution in [0.25, 0.3) is 0 Å². The number of aryl methyl sites for hydroxylation is 2. The molecule has 3 aromatic carbocycles. The molecule has 1 aliphatic heterocycles. The molecule has 6 heteroatoms. The van der Waals surface area contributed by atoms with Crippen molar-refractivity contribution < 1.29 is 13.2 Å². The molecule has 0 bridgehead atoms. The summed E-state index contributed by atoms with van der Waals surface area (Å²) in [5, 5.41) is 0. The predicted molar refractivity (Wildman–Crippen MR) is 123 cm³/mol. The summed E-state index contributed by atoms with van der Waals surface area (Å²) in [5.74, 6) is -0.0576. The summed E-state index contributed by atoms with van der Waals surface area (Å²) in [6.45, 7) is 2.92. The molecule has 1 heterocycles. The Labute approximate surface area is 184 Å². The van der Waals surface area contributed by atoms with Crippen LogP contribution in [0.1, 0.15) is 33.5 Å². The summed E-state index contributed by atoms with van der Waals surface area (Å²) in [6.07, 6.45) is 1.55. The van der Waals surface area contributed by atoms with E-state index >= 15 is 0 Å². The van der Waals surface area contributed by atoms with Crippen LogP contribution < -0.4 is 4.90 Å². The van der Waals surface area contributed by atoms with Crippen molar-refractivity contribution in [2.24, 2.45) is 0 Å². The third-order valence-corrected chi connectivity index (χ3v) is 7.47. The Morgan fingerprint density at radius 2 is 1.71 bits per heavy atom. The van der Waals surface area contributed by atoms with Crippen LogP contribution in [0, 0.1) is 6.92 Å². The molecule has 0 saturated carbocycles. The molecule has 0 saturated heterocycles. The van der Waals surface area contributed by atoms with E-state index in [9.17, 15) is 13.2 Å². The second-order valence-electron chi connectivity index (χ2n) is 7.96. The molecule has 31 heavy (non-hydrogen) atoms. The van der Waals surface area contributed by atoms with Crippen molar-refractivity contribution >= 4 is 21.6 Å². The van der Waals surface area contributed by atoms with Crippen molar-refractivity contribution in [3.05, 3.63) is 95.1 Å². The first-order valence-corrected chi connectivity index (χ1v) is 11.8. The third-order valence-electron chi connectivity index (χ3n) is 5.67. The van der Waals surface area contributed by atoms with Crippen molar-refractivity contribution in [1.29, 1.82) is 0 Å². The summed E-state index contributed by atoms with van der Waals surface area (Å²) in [5.41, 5.74) is 4.35. The van der Waals surface area contributed by atoms with Crippen LogP contribution in [0.15, 0.2) is 77.7 Å². The fourth-order valence-corrected chi connectivity index (χ4v) is 5.11. The molecule has 0 atom stereocenters. The Morgan fingerprint density at radius 3 is 2.42 bits per heavy atom. The number of hydrogen-bond acceptors (Lipinski definition) is 3. The smallest absolute Gasteiger partial charge is 0.258 e. The van der Waals surface area contributed by atoms with Crippen molar-refractivity contribution in [2.75, 3.05) is 18.5 Å². The van der Waals surface area contributed by atoms with Gasteiger partial charge in [-0.2, -0.15) is 4.31 Å². The lowest BCUT2D eigenvalue weighted by molar-refractivity contribution is 0.0985. The van der Waals surface area contributed by atoms with Gasteiger partial charge >= 0.3 is 0 Å². The largest absolute Gasteiger partial charge is 0.308 e. The number of benzene rings is 3. The van der Waals surface area contributed by atoms with E-state index in [-0.39, 0.29) is 10.8 Å². The topological polar surface area (TPSA) is 57.7 Å². The van der Waals surface area contributed by atoms with Crippen LogP contribution in [-0.2, 0) is 23.0 Å². The molecular formula is C25H26N2O3S. The zero-order valence-electron chi connectivity index (χ0n) is 17.8. The van der Waals surface area contributed by atoms with E-state index < -0.39 is 10.0 Å². The zero-order valence-corrected chi connectivity index (χ0v) is 18.6. The lowest BCUT2D eigenvalue weighted by atomic mass is 10.0. The number of hydrogen-bond donors (Lipinski definition) is 0. The molecular weight excluding hydrogens is 408 g/mol. The van der Waals surface area contributed by atoms with Crippen molar-refractivity contribution in [3.8, 4) is 0 Å². The van der Waals surface area contributed by atoms with Gasteiger partial charge in [-0.1, -0.05) is 48.0 Å². The van der Waals surface area contributed by atoms with Crippen LogP contribution in [0.5, 0.6) is 0 Å². The van der Waals surface area contributed by atoms with Gasteiger partial charge in [0.25, 0.3) is 5.91 Å². The second-order valence-corrected chi connectivity index (χ2v) is 10.0. The zero-order chi connectivity index (χ0) is 22.0. The Balaban J connectivity index is 1.60. The summed E-state index contributed by atoms with van der Waals surface area (Å²) >= 11 is 0. The highest BCUT2D eigenvalue weighted by atomic mass is 32.2. The minimum atomic E-state index is -3.64. The Bertz CT molecular complexity index is 1190. The average Bonchev–Trinajstić information content (AvgIpc) is 2.79. The Hall–Kier alpha value is -2.96. The van der Waals surface area contributed by atoms with E-state index in [0.29, 0.717) is 18.7 Å². The molecule has 3 aromatic rings. The highest BCUT2D eigenvalue weighted by Gasteiger charge is 2.27. The molecule has 160 valence electrons. The molecule has 1 amide bonds. The SMILES string of the molecule is Cc1ccc(C(=O)N2CCCc3cc(S(=O)(=O)N(C)Cc4ccccc4)ccc32)cc1. The highest BCUT2D eigenvalue weighted by molar-refractivity contribution is 7.89. The van der Waals surface area contributed by atoms with E-state index in [1.54, 1.807) is 30.1 Å². The van der Waals surface area contributed by atoms with Gasteiger partial charge in [0, 0.05) is 31.4 Å². The van der Waals surface area contributed by atoms with Crippen molar-refractivity contribution in [1.82, 2.24) is 4.31 Å². The van der Waals surface area contributed by atoms with Gasteiger partial charge in [-0.05, 0) is 61.2 Å². The highest BCUT2D eigenvalue weighted by Crippen LogP contribution is 2.31. The van der Waals surface area contributed by atoms with Crippen LogP contribution in [0.2, 0.25) is 0 Å². The molecule has 0 radical (unpaired) electrons. The fourth-order valence-electron chi connectivity index (χ4n) is 3.90. The van der Waals surface area contributed by atoms with Crippen LogP contribution in [0.4, 0.5) is 5.69 Å². The second kappa shape index (κ2) is 8.65. The third kappa shape index (κ3) is 4.40. The molecule has 0 aliphatic carbocycles. The van der Waals surface area contributed by atoms with Crippen LogP contribution in [-0.4, -0.2) is 32.2 Å². The predicted octanol–water partition coefficient (Wildman–Crippen LogP) is 4.41. The molecule has 1 aliphatic rings. The van der Waals surface area contributed by atoms with Gasteiger partial charge in [-0.3, -0.25) is 4.79 Å². The maximum atomic E-state index is 13.1. The van der Waals surface area contributed by atoms with Gasteiger partial charge in [0.15, 0.2) is 0 Å². The fraction of sp³-hybridized carbons (Fsp3) is 0.240. The molecule has 0 spiro atoms. The number of carbonyl (C=O) groups excluding carboxylic acids is 1. The quantitative estimate of drug-likeness (QED) is 0.598. The number of amides is 1. The Morgan fingerprint density at radius 1 is 1.00 bits per heavy atom. The van der Waals surface area contributed by atoms with Gasteiger partial charge in [-0.25, -0.2) is 8.42 Å². The first-order valence-electron chi connectivity index (χ1n) is 10.4. The minimum absolute atomic E-state index is 0.0576. The molecule has 5 nitrogen and oxygen atoms in total. The molecule has 0 unspecified atom stereocenters. The van der Waals surface area contributed by atoms with Crippen LogP contribution in [0.3, 0.4) is 0 Å². The molecule has 0 fully saturated rings. The van der Waals surface area contributed by atoms with E-state index in [4.69, 9.17) is 0 Å². The Kier molecular flexibility index (Phi) is 5.94. The number of fused-ring (bicyclic) bond motifs is 1. The average molecular weight is 435 g/mol. The summed E-state index contributed by atoms with van der Waals surface area (Å²) < 4.78 is 27.6. The molecule has 0 N–H and O–H groups in total. The lowest BCUT2D eigenvalue weighted by Gasteiger charge is -2.30. The number of rotatable bonds is 5. The van der Waals surface area contributed by atoms with Gasteiger partial charge in [0.05, 0.1) is 4.90 Å². The maximum Gasteiger partial charge on any atom is 0.258 e. The maximum absolute atomic E-state index is 13.1.